The molecule has 0 spiro atoms. The number of halogens is 1. The summed E-state index contributed by atoms with van der Waals surface area (Å²) in [6, 6.07) is 18.2. The molecule has 0 bridgehead atoms. The molecule has 21 heavy (non-hydrogen) atoms. The number of nitrogens with zero attached hydrogens (tertiary/aromatic N) is 1. The molecule has 0 radical (unpaired) electrons. The predicted octanol–water partition coefficient (Wildman–Crippen LogP) is 4.62. The number of ether oxygens (including phenoxy) is 1. The number of nitrogens with one attached hydrogen (secondary N) is 1. The molecule has 0 atom stereocenters. The Morgan fingerprint density at radius 1 is 1.10 bits per heavy atom. The molecule has 106 valence electrons. The van der Waals surface area contributed by atoms with Crippen molar-refractivity contribution in [3.05, 3.63) is 64.8 Å². The summed E-state index contributed by atoms with van der Waals surface area (Å²) >= 11 is 3.49. The van der Waals surface area contributed by atoms with Crippen LogP contribution in [-0.2, 0) is 6.54 Å². The van der Waals surface area contributed by atoms with Crippen molar-refractivity contribution >= 4 is 32.5 Å². The Morgan fingerprint density at radius 3 is 2.76 bits per heavy atom. The molecule has 0 fully saturated rings. The highest BCUT2D eigenvalue weighted by Gasteiger charge is 2.02. The van der Waals surface area contributed by atoms with Gasteiger partial charge in [0.15, 0.2) is 0 Å². The summed E-state index contributed by atoms with van der Waals surface area (Å²) in [7, 11) is 1.66. The van der Waals surface area contributed by atoms with Gasteiger partial charge in [-0.25, -0.2) is 0 Å². The largest absolute Gasteiger partial charge is 0.496 e. The first-order valence-corrected chi connectivity index (χ1v) is 7.47. The summed E-state index contributed by atoms with van der Waals surface area (Å²) in [6.07, 6.45) is 0. The van der Waals surface area contributed by atoms with Crippen LogP contribution in [-0.4, -0.2) is 12.1 Å². The van der Waals surface area contributed by atoms with Crippen molar-refractivity contribution in [2.45, 2.75) is 6.54 Å². The molecular weight excluding hydrogens is 328 g/mol. The van der Waals surface area contributed by atoms with Crippen molar-refractivity contribution in [1.29, 1.82) is 0 Å². The minimum atomic E-state index is 0.684. The summed E-state index contributed by atoms with van der Waals surface area (Å²) in [5.74, 6) is 0.824. The average molecular weight is 343 g/mol. The lowest BCUT2D eigenvalue weighted by molar-refractivity contribution is 0.412. The number of methoxy groups -OCH3 is 1. The van der Waals surface area contributed by atoms with E-state index in [-0.39, 0.29) is 0 Å². The van der Waals surface area contributed by atoms with Gasteiger partial charge in [-0.2, -0.15) is 0 Å². The number of hydrogen-bond donors (Lipinski definition) is 1. The maximum absolute atomic E-state index is 5.22. The van der Waals surface area contributed by atoms with E-state index in [1.807, 2.05) is 42.5 Å². The molecule has 0 aliphatic carbocycles. The summed E-state index contributed by atoms with van der Waals surface area (Å²) in [4.78, 5) is 4.65. The van der Waals surface area contributed by atoms with Gasteiger partial charge in [0.1, 0.15) is 5.75 Å². The van der Waals surface area contributed by atoms with Crippen LogP contribution in [0.3, 0.4) is 0 Å². The van der Waals surface area contributed by atoms with Gasteiger partial charge in [-0.1, -0.05) is 24.3 Å². The van der Waals surface area contributed by atoms with E-state index in [1.54, 1.807) is 7.11 Å². The van der Waals surface area contributed by atoms with Crippen molar-refractivity contribution in [1.82, 2.24) is 4.98 Å². The lowest BCUT2D eigenvalue weighted by Crippen LogP contribution is -2.01. The van der Waals surface area contributed by atoms with Gasteiger partial charge < -0.3 is 10.1 Å². The quantitative estimate of drug-likeness (QED) is 0.751. The number of aromatic nitrogens is 1. The maximum Gasteiger partial charge on any atom is 0.133 e. The van der Waals surface area contributed by atoms with Crippen LogP contribution in [0.4, 0.5) is 5.69 Å². The van der Waals surface area contributed by atoms with Crippen LogP contribution in [0, 0.1) is 0 Å². The van der Waals surface area contributed by atoms with Crippen LogP contribution in [0.15, 0.2) is 59.1 Å². The minimum absolute atomic E-state index is 0.684. The van der Waals surface area contributed by atoms with E-state index in [2.05, 4.69) is 38.4 Å². The first kappa shape index (κ1) is 13.9. The standard InChI is InChI=1S/C17H15BrN2O/c1-21-17-9-8-13(10-15(17)18)19-11-14-7-6-12-4-2-3-5-16(12)20-14/h2-10,19H,11H2,1H3. The predicted molar refractivity (Wildman–Crippen MR) is 89.8 cm³/mol. The normalized spacial score (nSPS) is 10.6. The number of pyridine rings is 1. The van der Waals surface area contributed by atoms with Crippen molar-refractivity contribution < 1.29 is 4.74 Å². The zero-order chi connectivity index (χ0) is 14.7. The smallest absolute Gasteiger partial charge is 0.133 e. The van der Waals surface area contributed by atoms with Gasteiger partial charge in [0.25, 0.3) is 0 Å². The fourth-order valence-electron chi connectivity index (χ4n) is 2.18. The van der Waals surface area contributed by atoms with Gasteiger partial charge in [0.05, 0.1) is 29.3 Å². The van der Waals surface area contributed by atoms with Crippen molar-refractivity contribution in [3.63, 3.8) is 0 Å². The van der Waals surface area contributed by atoms with E-state index in [1.165, 1.54) is 0 Å². The van der Waals surface area contributed by atoms with Crippen molar-refractivity contribution in [3.8, 4) is 5.75 Å². The van der Waals surface area contributed by atoms with E-state index in [4.69, 9.17) is 4.74 Å². The third kappa shape index (κ3) is 3.16. The first-order valence-electron chi connectivity index (χ1n) is 6.68. The van der Waals surface area contributed by atoms with Crippen molar-refractivity contribution in [2.24, 2.45) is 0 Å². The Morgan fingerprint density at radius 2 is 1.95 bits per heavy atom. The molecule has 0 unspecified atom stereocenters. The molecule has 1 aromatic heterocycles. The van der Waals surface area contributed by atoms with E-state index in [0.29, 0.717) is 6.54 Å². The van der Waals surface area contributed by atoms with E-state index >= 15 is 0 Å². The third-order valence-corrected chi connectivity index (χ3v) is 3.90. The van der Waals surface area contributed by atoms with Crippen LogP contribution in [0.25, 0.3) is 10.9 Å². The molecular formula is C17H15BrN2O. The SMILES string of the molecule is COc1ccc(NCc2ccc3ccccc3n2)cc1Br. The van der Waals surface area contributed by atoms with Gasteiger partial charge in [-0.15, -0.1) is 0 Å². The molecule has 2 aromatic carbocycles. The molecule has 0 aliphatic rings. The highest BCUT2D eigenvalue weighted by atomic mass is 79.9. The summed E-state index contributed by atoms with van der Waals surface area (Å²) in [5.41, 5.74) is 3.06. The Kier molecular flexibility index (Phi) is 4.06. The summed E-state index contributed by atoms with van der Waals surface area (Å²) in [6.45, 7) is 0.684. The number of hydrogen-bond acceptors (Lipinski definition) is 3. The fraction of sp³-hybridized carbons (Fsp3) is 0.118. The summed E-state index contributed by atoms with van der Waals surface area (Å²) < 4.78 is 6.16. The van der Waals surface area contributed by atoms with Gasteiger partial charge >= 0.3 is 0 Å². The zero-order valence-corrected chi connectivity index (χ0v) is 13.2. The third-order valence-electron chi connectivity index (χ3n) is 3.28. The number of para-hydroxylation sites is 1. The molecule has 0 aliphatic heterocycles. The molecule has 0 amide bonds. The molecule has 0 saturated carbocycles. The number of rotatable bonds is 4. The van der Waals surface area contributed by atoms with Gasteiger partial charge in [0, 0.05) is 11.1 Å². The van der Waals surface area contributed by atoms with Crippen LogP contribution < -0.4 is 10.1 Å². The Hall–Kier alpha value is -2.07. The average Bonchev–Trinajstić information content (AvgIpc) is 2.53. The van der Waals surface area contributed by atoms with Crippen LogP contribution in [0.2, 0.25) is 0 Å². The van der Waals surface area contributed by atoms with E-state index in [9.17, 15) is 0 Å². The zero-order valence-electron chi connectivity index (χ0n) is 11.6. The Labute approximate surface area is 132 Å². The topological polar surface area (TPSA) is 34.1 Å². The van der Waals surface area contributed by atoms with Crippen LogP contribution in [0.1, 0.15) is 5.69 Å². The van der Waals surface area contributed by atoms with Crippen molar-refractivity contribution in [2.75, 3.05) is 12.4 Å². The highest BCUT2D eigenvalue weighted by Crippen LogP contribution is 2.27. The maximum atomic E-state index is 5.22. The van der Waals surface area contributed by atoms with E-state index < -0.39 is 0 Å². The monoisotopic (exact) mass is 342 g/mol. The molecule has 1 heterocycles. The van der Waals surface area contributed by atoms with Gasteiger partial charge in [-0.3, -0.25) is 4.98 Å². The molecule has 4 heteroatoms. The van der Waals surface area contributed by atoms with Crippen LogP contribution in [0.5, 0.6) is 5.75 Å². The number of benzene rings is 2. The van der Waals surface area contributed by atoms with E-state index in [0.717, 1.165) is 32.5 Å². The molecule has 0 saturated heterocycles. The van der Waals surface area contributed by atoms with Crippen LogP contribution >= 0.6 is 15.9 Å². The van der Waals surface area contributed by atoms with Gasteiger partial charge in [-0.05, 0) is 46.3 Å². The minimum Gasteiger partial charge on any atom is -0.496 e. The molecule has 3 aromatic rings. The molecule has 3 nitrogen and oxygen atoms in total. The number of fused-ring (bicyclic) bond motifs is 1. The summed E-state index contributed by atoms with van der Waals surface area (Å²) in [5, 5.41) is 4.53. The number of anilines is 1. The fourth-order valence-corrected chi connectivity index (χ4v) is 2.72. The Bertz CT molecular complexity index is 774. The lowest BCUT2D eigenvalue weighted by atomic mass is 10.2. The van der Waals surface area contributed by atoms with Gasteiger partial charge in [0.2, 0.25) is 0 Å². The Balaban J connectivity index is 1.75. The highest BCUT2D eigenvalue weighted by molar-refractivity contribution is 9.10. The molecule has 1 N–H and O–H groups in total. The second kappa shape index (κ2) is 6.14. The second-order valence-corrected chi connectivity index (χ2v) is 5.55. The lowest BCUT2D eigenvalue weighted by Gasteiger charge is -2.09. The second-order valence-electron chi connectivity index (χ2n) is 4.70. The molecule has 3 rings (SSSR count). The first-order chi connectivity index (χ1) is 10.3.